The molecule has 1 unspecified atom stereocenters. The van der Waals surface area contributed by atoms with Crippen molar-refractivity contribution in [2.75, 3.05) is 11.5 Å². The highest BCUT2D eigenvalue weighted by molar-refractivity contribution is 8.01. The number of thioether (sulfide) groups is 2. The Morgan fingerprint density at radius 3 is 2.52 bits per heavy atom. The Bertz CT molecular complexity index is 1810. The van der Waals surface area contributed by atoms with E-state index < -0.39 is 67.5 Å². The quantitative estimate of drug-likeness (QED) is 0.136. The minimum absolute atomic E-state index is 0.106. The molecule has 5 rings (SSSR count). The van der Waals surface area contributed by atoms with E-state index in [0.717, 1.165) is 40.6 Å². The maximum absolute atomic E-state index is 13.9. The lowest BCUT2D eigenvalue weighted by molar-refractivity contribution is -0.157. The number of β-lactam (4-membered cyclic amide) rings is 1. The number of benzene rings is 2. The van der Waals surface area contributed by atoms with Crippen molar-refractivity contribution in [2.45, 2.75) is 27.5 Å². The van der Waals surface area contributed by atoms with Crippen molar-refractivity contribution in [3.63, 3.8) is 0 Å². The van der Waals surface area contributed by atoms with E-state index >= 15 is 0 Å². The maximum Gasteiger partial charge on any atom is 0.352 e. The van der Waals surface area contributed by atoms with E-state index in [0.29, 0.717) is 21.7 Å². The first-order chi connectivity index (χ1) is 20.8. The number of amides is 3. The third-order valence-electron chi connectivity index (χ3n) is 6.83. The number of carbonyl (C=O) groups excluding carboxylic acids is 3. The summed E-state index contributed by atoms with van der Waals surface area (Å²) in [5.41, 5.74) is 5.86. The van der Waals surface area contributed by atoms with Crippen molar-refractivity contribution < 1.29 is 42.4 Å². The zero-order valence-electron chi connectivity index (χ0n) is 22.5. The molecule has 0 radical (unpaired) electrons. The zero-order valence-corrected chi connectivity index (χ0v) is 25.0. The number of phenolic OH excluding ortho intramolecular Hbond substituents is 1. The highest BCUT2D eigenvalue weighted by Crippen LogP contribution is 2.44. The fourth-order valence-electron chi connectivity index (χ4n) is 4.67. The Hall–Kier alpha value is -4.30. The van der Waals surface area contributed by atoms with Crippen LogP contribution in [0.1, 0.15) is 22.0 Å². The van der Waals surface area contributed by atoms with Gasteiger partial charge in [-0.1, -0.05) is 42.1 Å². The first-order valence-corrected chi connectivity index (χ1v) is 16.0. The van der Waals surface area contributed by atoms with Crippen LogP contribution in [0, 0.1) is 0 Å². The van der Waals surface area contributed by atoms with Crippen LogP contribution in [0.15, 0.2) is 69.9 Å². The molecule has 16 nitrogen and oxygen atoms in total. The summed E-state index contributed by atoms with van der Waals surface area (Å²) in [5.74, 6) is -5.16. The Kier molecular flexibility index (Phi) is 8.49. The highest BCUT2D eigenvalue weighted by atomic mass is 32.2. The summed E-state index contributed by atoms with van der Waals surface area (Å²) in [6.07, 6.45) is 0. The summed E-state index contributed by atoms with van der Waals surface area (Å²) in [5, 5.41) is 31.0. The molecule has 3 heterocycles. The van der Waals surface area contributed by atoms with Crippen molar-refractivity contribution >= 4 is 57.3 Å². The smallest absolute Gasteiger partial charge is 0.352 e. The minimum Gasteiger partial charge on any atom is -0.507 e. The van der Waals surface area contributed by atoms with Crippen LogP contribution in [0.2, 0.25) is 0 Å². The van der Waals surface area contributed by atoms with Crippen molar-refractivity contribution in [3.8, 4) is 5.75 Å². The molecule has 0 bridgehead atoms. The number of hydrogen-bond donors (Lipinski definition) is 4. The van der Waals surface area contributed by atoms with E-state index in [4.69, 9.17) is 5.73 Å². The monoisotopic (exact) mass is 661 g/mol. The molecule has 1 saturated heterocycles. The number of phenols is 1. The number of aromatic nitrogens is 4. The van der Waals surface area contributed by atoms with Crippen LogP contribution in [0.25, 0.3) is 0 Å². The summed E-state index contributed by atoms with van der Waals surface area (Å²) < 4.78 is 34.4. The van der Waals surface area contributed by atoms with E-state index in [9.17, 15) is 42.4 Å². The van der Waals surface area contributed by atoms with Crippen molar-refractivity contribution in [3.05, 3.63) is 70.9 Å². The number of carboxylic acids is 1. The van der Waals surface area contributed by atoms with E-state index in [1.54, 1.807) is 25.2 Å². The van der Waals surface area contributed by atoms with Gasteiger partial charge in [0.2, 0.25) is 5.16 Å². The molecule has 2 aliphatic heterocycles. The molecule has 0 aliphatic carbocycles. The van der Waals surface area contributed by atoms with E-state index in [-0.39, 0.29) is 22.8 Å². The first kappa shape index (κ1) is 31.1. The third kappa shape index (κ3) is 5.66. The Balaban J connectivity index is 1.53. The molecule has 2 aliphatic rings. The molecule has 5 N–H and O–H groups in total. The van der Waals surface area contributed by atoms with E-state index in [1.807, 2.05) is 0 Å². The van der Waals surface area contributed by atoms with Crippen LogP contribution >= 0.6 is 23.5 Å². The number of nitrogens with zero attached hydrogens (tertiary/aromatic N) is 6. The fourth-order valence-corrected chi connectivity index (χ4v) is 7.55. The van der Waals surface area contributed by atoms with Gasteiger partial charge in [0.05, 0.1) is 10.5 Å². The second-order valence-electron chi connectivity index (χ2n) is 9.54. The number of aryl methyl sites for hydroxylation is 1. The van der Waals surface area contributed by atoms with Gasteiger partial charge in [-0.15, -0.1) is 16.9 Å². The standard InChI is InChI=1S/C25H23N7O9S3/c1-30-25(27-28-29-30)43-11-13-10-42-23-19(22(36)32(23)18(13)24(37)38)31(21(35)17(26)12-5-3-2-4-6-12)20(34)15-9-14(44(39,40)41)7-8-16(15)33/h2-9,17,19,23,33H,10-11,26H2,1H3,(H,37,38)(H,39,40,41)/t17-,19?,23-/m1/s1. The van der Waals surface area contributed by atoms with Gasteiger partial charge >= 0.3 is 5.97 Å². The second kappa shape index (κ2) is 12.0. The van der Waals surface area contributed by atoms with Crippen molar-refractivity contribution in [2.24, 2.45) is 12.8 Å². The van der Waals surface area contributed by atoms with Crippen LogP contribution in [-0.2, 0) is 31.5 Å². The molecule has 230 valence electrons. The molecule has 2 aromatic carbocycles. The zero-order chi connectivity index (χ0) is 31.9. The number of rotatable bonds is 9. The number of carboxylic acid groups (broad SMARTS) is 1. The van der Waals surface area contributed by atoms with Gasteiger partial charge in [-0.3, -0.25) is 28.7 Å². The first-order valence-electron chi connectivity index (χ1n) is 12.5. The molecule has 44 heavy (non-hydrogen) atoms. The third-order valence-corrected chi connectivity index (χ3v) is 10.1. The van der Waals surface area contributed by atoms with Crippen LogP contribution < -0.4 is 5.73 Å². The Morgan fingerprint density at radius 2 is 1.91 bits per heavy atom. The van der Waals surface area contributed by atoms with E-state index in [2.05, 4.69) is 15.5 Å². The molecule has 3 aromatic rings. The van der Waals surface area contributed by atoms with Gasteiger partial charge in [-0.05, 0) is 39.8 Å². The number of fused-ring (bicyclic) bond motifs is 1. The second-order valence-corrected chi connectivity index (χ2v) is 13.0. The summed E-state index contributed by atoms with van der Waals surface area (Å²) in [6.45, 7) is 0. The largest absolute Gasteiger partial charge is 0.507 e. The number of aromatic hydroxyl groups is 1. The van der Waals surface area contributed by atoms with Gasteiger partial charge in [-0.2, -0.15) is 8.42 Å². The summed E-state index contributed by atoms with van der Waals surface area (Å²) >= 11 is 2.25. The molecular formula is C25H23N7O9S3. The van der Waals surface area contributed by atoms with Gasteiger partial charge in [0.25, 0.3) is 27.8 Å². The average Bonchev–Trinajstić information content (AvgIpc) is 3.41. The number of aliphatic carboxylic acids is 1. The molecule has 19 heteroatoms. The van der Waals surface area contributed by atoms with Gasteiger partial charge < -0.3 is 15.9 Å². The lowest BCUT2D eigenvalue weighted by Gasteiger charge is -2.52. The topological polar surface area (TPSA) is 239 Å². The lowest BCUT2D eigenvalue weighted by Crippen LogP contribution is -2.72. The van der Waals surface area contributed by atoms with Crippen LogP contribution in [0.5, 0.6) is 5.75 Å². The van der Waals surface area contributed by atoms with Crippen LogP contribution in [-0.4, -0.2) is 99.8 Å². The lowest BCUT2D eigenvalue weighted by atomic mass is 9.97. The normalized spacial score (nSPS) is 18.8. The molecular weight excluding hydrogens is 639 g/mol. The molecule has 1 fully saturated rings. The number of carbonyl (C=O) groups is 4. The molecule has 0 saturated carbocycles. The number of hydrogen-bond acceptors (Lipinski definition) is 13. The predicted molar refractivity (Wildman–Crippen MR) is 154 cm³/mol. The fraction of sp³-hybridized carbons (Fsp3) is 0.240. The average molecular weight is 662 g/mol. The minimum atomic E-state index is -4.83. The van der Waals surface area contributed by atoms with Gasteiger partial charge in [0, 0.05) is 18.6 Å². The Labute approximate surface area is 257 Å². The molecule has 3 amide bonds. The maximum atomic E-state index is 13.9. The van der Waals surface area contributed by atoms with Gasteiger partial charge in [0.15, 0.2) is 0 Å². The molecule has 0 spiro atoms. The number of imide groups is 1. The van der Waals surface area contributed by atoms with Crippen molar-refractivity contribution in [1.29, 1.82) is 0 Å². The predicted octanol–water partition coefficient (Wildman–Crippen LogP) is 0.246. The Morgan fingerprint density at radius 1 is 1.20 bits per heavy atom. The molecule has 3 atom stereocenters. The van der Waals surface area contributed by atoms with Gasteiger partial charge in [-0.25, -0.2) is 9.48 Å². The van der Waals surface area contributed by atoms with Gasteiger partial charge in [0.1, 0.15) is 28.9 Å². The van der Waals surface area contributed by atoms with Crippen LogP contribution in [0.4, 0.5) is 0 Å². The SMILES string of the molecule is Cn1nnnc1SCC1=C(C(=O)O)N2C(=O)C(N(C(=O)c3cc(S(=O)(=O)O)ccc3O)C(=O)[C@H](N)c3ccccc3)[C@H]2SC1. The summed E-state index contributed by atoms with van der Waals surface area (Å²) in [6, 6.07) is 7.23. The summed E-state index contributed by atoms with van der Waals surface area (Å²) in [7, 11) is -3.22. The molecule has 1 aromatic heterocycles. The van der Waals surface area contributed by atoms with E-state index in [1.165, 1.54) is 16.8 Å². The van der Waals surface area contributed by atoms with Crippen LogP contribution in [0.3, 0.4) is 0 Å². The number of tetrazole rings is 1. The summed E-state index contributed by atoms with van der Waals surface area (Å²) in [4.78, 5) is 54.5. The number of nitrogens with two attached hydrogens (primary N) is 1. The highest BCUT2D eigenvalue weighted by Gasteiger charge is 2.59. The van der Waals surface area contributed by atoms with Crippen molar-refractivity contribution in [1.82, 2.24) is 30.0 Å².